The number of hydrogen-bond acceptors (Lipinski definition) is 3. The van der Waals surface area contributed by atoms with Crippen LogP contribution in [-0.4, -0.2) is 21.5 Å². The minimum atomic E-state index is -2.13. The number of rotatable bonds is 10. The Hall–Kier alpha value is 2.01. The molecule has 0 fully saturated rings. The van der Waals surface area contributed by atoms with E-state index >= 15 is 0 Å². The zero-order valence-electron chi connectivity index (χ0n) is 11.0. The summed E-state index contributed by atoms with van der Waals surface area (Å²) in [5.41, 5.74) is 0. The lowest BCUT2D eigenvalue weighted by molar-refractivity contribution is 0.250. The highest BCUT2D eigenvalue weighted by Gasteiger charge is 2.25. The van der Waals surface area contributed by atoms with E-state index in [-0.39, 0.29) is 0 Å². The normalized spacial score (nSPS) is 15.6. The topological polar surface area (TPSA) is 18.5 Å². The summed E-state index contributed by atoms with van der Waals surface area (Å²) in [6, 6.07) is 0. The molecule has 0 saturated carbocycles. The Morgan fingerprint density at radius 1 is 1.00 bits per heavy atom. The third-order valence-corrected chi connectivity index (χ3v) is 6.08. The van der Waals surface area contributed by atoms with Crippen LogP contribution < -0.4 is 0 Å². The second-order valence-corrected chi connectivity index (χ2v) is 15.2. The summed E-state index contributed by atoms with van der Waals surface area (Å²) in [6.07, 6.45) is 6.47. The highest BCUT2D eigenvalue weighted by atomic mass is 80.0. The minimum absolute atomic E-state index is 0.407. The molecule has 0 saturated heterocycles. The molecule has 0 aliphatic rings. The molecular formula is C11H22Br3O2PS. The molecule has 0 radical (unpaired) electrons. The molecule has 18 heavy (non-hydrogen) atoms. The van der Waals surface area contributed by atoms with Crippen LogP contribution >= 0.6 is 54.3 Å². The third kappa shape index (κ3) is 11.8. The summed E-state index contributed by atoms with van der Waals surface area (Å²) in [7, 11) is 0. The lowest BCUT2D eigenvalue weighted by Crippen LogP contribution is -2.12. The van der Waals surface area contributed by atoms with Crippen molar-refractivity contribution in [2.75, 3.05) is 19.4 Å². The predicted molar refractivity (Wildman–Crippen MR) is 95.0 cm³/mol. The van der Waals surface area contributed by atoms with Gasteiger partial charge in [0, 0.05) is 6.16 Å². The first kappa shape index (κ1) is 20.0. The van der Waals surface area contributed by atoms with Crippen molar-refractivity contribution in [2.45, 2.75) is 48.1 Å². The van der Waals surface area contributed by atoms with Gasteiger partial charge in [0.05, 0.1) is 13.2 Å². The van der Waals surface area contributed by atoms with E-state index in [1.54, 1.807) is 0 Å². The van der Waals surface area contributed by atoms with E-state index in [0.29, 0.717) is 13.2 Å². The van der Waals surface area contributed by atoms with E-state index < -0.39 is 8.63 Å². The summed E-state index contributed by atoms with van der Waals surface area (Å²) in [5, 5.41) is 0. The molecule has 7 heteroatoms. The van der Waals surface area contributed by atoms with Crippen molar-refractivity contribution in [3.8, 4) is 0 Å². The third-order valence-electron chi connectivity index (χ3n) is 2.25. The predicted octanol–water partition coefficient (Wildman–Crippen LogP) is 6.16. The van der Waals surface area contributed by atoms with Crippen LogP contribution in [0.4, 0.5) is 0 Å². The van der Waals surface area contributed by atoms with Crippen molar-refractivity contribution in [3.05, 3.63) is 0 Å². The van der Waals surface area contributed by atoms with Gasteiger partial charge in [0.15, 0.2) is 8.63 Å². The maximum Gasteiger partial charge on any atom is 0.188 e. The highest BCUT2D eigenvalue weighted by Crippen LogP contribution is 2.52. The summed E-state index contributed by atoms with van der Waals surface area (Å²) < 4.78 is 11.3. The Morgan fingerprint density at radius 3 is 2.11 bits per heavy atom. The minimum Gasteiger partial charge on any atom is -0.329 e. The quantitative estimate of drug-likeness (QED) is 0.208. The zero-order chi connectivity index (χ0) is 14.1. The van der Waals surface area contributed by atoms with Gasteiger partial charge in [-0.05, 0) is 24.6 Å². The number of halogens is 3. The van der Waals surface area contributed by atoms with Gasteiger partial charge in [0.1, 0.15) is 0 Å². The first-order valence-corrected chi connectivity index (χ1v) is 11.5. The molecule has 0 bridgehead atoms. The van der Waals surface area contributed by atoms with Gasteiger partial charge in [-0.1, -0.05) is 80.9 Å². The summed E-state index contributed by atoms with van der Waals surface area (Å²) in [5.74, 6) is 0. The zero-order valence-corrected chi connectivity index (χ0v) is 17.4. The second-order valence-electron chi connectivity index (χ2n) is 4.12. The Labute approximate surface area is 142 Å². The first-order chi connectivity index (χ1) is 8.33. The fourth-order valence-electron chi connectivity index (χ4n) is 1.24. The molecule has 0 aromatic rings. The smallest absolute Gasteiger partial charge is 0.188 e. The van der Waals surface area contributed by atoms with Crippen LogP contribution in [0.1, 0.15) is 46.0 Å². The Morgan fingerprint density at radius 2 is 1.61 bits per heavy atom. The number of alkyl halides is 3. The van der Waals surface area contributed by atoms with Crippen LogP contribution in [0.15, 0.2) is 0 Å². The Balaban J connectivity index is 4.25. The molecule has 0 aromatic carbocycles. The molecular weight excluding hydrogens is 467 g/mol. The summed E-state index contributed by atoms with van der Waals surface area (Å²) >= 11 is 15.9. The molecule has 0 aliphatic carbocycles. The maximum atomic E-state index is 5.85. The van der Waals surface area contributed by atoms with Crippen molar-refractivity contribution in [1.82, 2.24) is 0 Å². The van der Waals surface area contributed by atoms with E-state index in [2.05, 4.69) is 61.6 Å². The van der Waals surface area contributed by atoms with Crippen molar-refractivity contribution in [1.29, 1.82) is 0 Å². The van der Waals surface area contributed by atoms with Crippen LogP contribution in [-0.2, 0) is 20.9 Å². The highest BCUT2D eigenvalue weighted by molar-refractivity contribution is 9.39. The summed E-state index contributed by atoms with van der Waals surface area (Å²) in [4.78, 5) is 0. The first-order valence-electron chi connectivity index (χ1n) is 6.28. The van der Waals surface area contributed by atoms with E-state index in [4.69, 9.17) is 20.9 Å². The lowest BCUT2D eigenvalue weighted by atomic mass is 10.3. The van der Waals surface area contributed by atoms with Gasteiger partial charge in [0.2, 0.25) is 0 Å². The fourth-order valence-corrected chi connectivity index (χ4v) is 4.63. The molecule has 0 amide bonds. The van der Waals surface area contributed by atoms with Crippen LogP contribution in [0.3, 0.4) is 0 Å². The van der Waals surface area contributed by atoms with Gasteiger partial charge in [0.25, 0.3) is 0 Å². The molecule has 2 nitrogen and oxygen atoms in total. The molecule has 0 spiro atoms. The average Bonchev–Trinajstić information content (AvgIpc) is 2.27. The van der Waals surface area contributed by atoms with Crippen molar-refractivity contribution in [3.63, 3.8) is 0 Å². The van der Waals surface area contributed by atoms with E-state index in [1.807, 2.05) is 0 Å². The molecule has 0 rings (SSSR count). The molecule has 1 unspecified atom stereocenters. The van der Waals surface area contributed by atoms with Gasteiger partial charge >= 0.3 is 0 Å². The van der Waals surface area contributed by atoms with Gasteiger partial charge in [-0.3, -0.25) is 0 Å². The largest absolute Gasteiger partial charge is 0.329 e. The van der Waals surface area contributed by atoms with Crippen LogP contribution in [0.25, 0.3) is 0 Å². The van der Waals surface area contributed by atoms with Crippen molar-refractivity contribution < 1.29 is 9.05 Å². The van der Waals surface area contributed by atoms with Gasteiger partial charge < -0.3 is 9.05 Å². The van der Waals surface area contributed by atoms with E-state index in [0.717, 1.165) is 25.4 Å². The van der Waals surface area contributed by atoms with Gasteiger partial charge in [-0.2, -0.15) is 0 Å². The maximum absolute atomic E-state index is 5.85. The lowest BCUT2D eigenvalue weighted by Gasteiger charge is -2.24. The second kappa shape index (κ2) is 10.7. The van der Waals surface area contributed by atoms with Gasteiger partial charge in [-0.15, -0.1) is 0 Å². The molecule has 0 N–H and O–H groups in total. The van der Waals surface area contributed by atoms with Crippen molar-refractivity contribution in [2.24, 2.45) is 0 Å². The molecule has 0 heterocycles. The molecule has 0 aromatic heterocycles. The van der Waals surface area contributed by atoms with Crippen LogP contribution in [0.5, 0.6) is 0 Å². The SMILES string of the molecule is CCCCCP(=S)(OCCCC)OCC(Br)(Br)Br. The molecule has 110 valence electrons. The Bertz CT molecular complexity index is 245. The number of unbranched alkanes of at least 4 members (excludes halogenated alkanes) is 3. The average molecular weight is 489 g/mol. The summed E-state index contributed by atoms with van der Waals surface area (Å²) in [6.45, 7) is 3.35. The van der Waals surface area contributed by atoms with Crippen molar-refractivity contribution >= 4 is 66.1 Å². The van der Waals surface area contributed by atoms with Crippen LogP contribution in [0.2, 0.25) is 0 Å². The number of hydrogen-bond donors (Lipinski definition) is 0. The van der Waals surface area contributed by atoms with Gasteiger partial charge in [-0.25, -0.2) is 0 Å². The monoisotopic (exact) mass is 486 g/mol. The van der Waals surface area contributed by atoms with Crippen LogP contribution in [0, 0.1) is 0 Å². The standard InChI is InChI=1S/C11H22Br3O2PS/c1-3-5-7-9-17(18,15-8-6-4-2)16-10-11(12,13)14/h3-10H2,1-2H3. The Kier molecular flexibility index (Phi) is 11.9. The fraction of sp³-hybridized carbons (Fsp3) is 1.00. The molecule has 1 atom stereocenters. The molecule has 0 aliphatic heterocycles. The van der Waals surface area contributed by atoms with E-state index in [1.165, 1.54) is 12.8 Å². The van der Waals surface area contributed by atoms with E-state index in [9.17, 15) is 0 Å².